The Morgan fingerprint density at radius 2 is 1.71 bits per heavy atom. The van der Waals surface area contributed by atoms with Crippen LogP contribution in [0.5, 0.6) is 11.5 Å². The number of aliphatic hydroxyl groups excluding tert-OH is 1. The lowest BCUT2D eigenvalue weighted by Crippen LogP contribution is -2.20. The van der Waals surface area contributed by atoms with Gasteiger partial charge < -0.3 is 19.5 Å². The van der Waals surface area contributed by atoms with Crippen LogP contribution in [0.15, 0.2) is 30.3 Å². The Morgan fingerprint density at radius 1 is 1.05 bits per heavy atom. The molecule has 2 aromatic carbocycles. The molecule has 0 aliphatic heterocycles. The molecule has 0 heterocycles. The molecule has 1 N–H and O–H groups in total. The Hall–Kier alpha value is -1.49. The van der Waals surface area contributed by atoms with E-state index in [4.69, 9.17) is 9.47 Å². The molecule has 0 aromatic heterocycles. The highest BCUT2D eigenvalue weighted by atomic mass is 35.5. The van der Waals surface area contributed by atoms with E-state index in [0.717, 1.165) is 27.8 Å². The number of ether oxygens (including phenoxy) is 2. The molecule has 0 saturated carbocycles. The number of nitrogens with zero attached hydrogens (tertiary/aromatic N) is 1. The van der Waals surface area contributed by atoms with Gasteiger partial charge in [0.25, 0.3) is 0 Å². The van der Waals surface area contributed by atoms with Crippen molar-refractivity contribution in [3.05, 3.63) is 35.9 Å². The second-order valence-electron chi connectivity index (χ2n) is 5.02. The fraction of sp³-hybridized carbons (Fsp3) is 0.375. The summed E-state index contributed by atoms with van der Waals surface area (Å²) >= 11 is 0. The van der Waals surface area contributed by atoms with E-state index in [2.05, 4.69) is 0 Å². The zero-order valence-electron chi connectivity index (χ0n) is 12.8. The van der Waals surface area contributed by atoms with E-state index in [1.165, 1.54) is 0 Å². The van der Waals surface area contributed by atoms with Gasteiger partial charge in [-0.2, -0.15) is 0 Å². The summed E-state index contributed by atoms with van der Waals surface area (Å²) in [5.74, 6) is 1.52. The van der Waals surface area contributed by atoms with Gasteiger partial charge in [-0.3, -0.25) is 0 Å². The maximum absolute atomic E-state index is 10.4. The molecule has 21 heavy (non-hydrogen) atoms. The standard InChI is InChI=1S/C16H21NO3.ClH/c1-17(2)10-13(18)11-8-9-14(19-3)12-6-5-7-15(20-4)16(11)12;/h5-9,13,18H,10H2,1-4H3;1H. The van der Waals surface area contributed by atoms with Crippen LogP contribution in [0.25, 0.3) is 10.8 Å². The van der Waals surface area contributed by atoms with Crippen molar-refractivity contribution in [1.29, 1.82) is 0 Å². The Bertz CT molecular complexity index is 601. The molecule has 0 saturated heterocycles. The molecule has 0 fully saturated rings. The van der Waals surface area contributed by atoms with Gasteiger partial charge in [0.05, 0.1) is 20.3 Å². The topological polar surface area (TPSA) is 41.9 Å². The normalized spacial score (nSPS) is 12.1. The van der Waals surface area contributed by atoms with E-state index in [9.17, 15) is 5.11 Å². The fourth-order valence-electron chi connectivity index (χ4n) is 2.44. The van der Waals surface area contributed by atoms with Crippen molar-refractivity contribution in [3.8, 4) is 11.5 Å². The Morgan fingerprint density at radius 3 is 2.29 bits per heavy atom. The molecule has 0 spiro atoms. The second-order valence-corrected chi connectivity index (χ2v) is 5.02. The molecule has 2 aromatic rings. The monoisotopic (exact) mass is 311 g/mol. The minimum Gasteiger partial charge on any atom is -0.496 e. The molecule has 0 bridgehead atoms. The number of halogens is 1. The van der Waals surface area contributed by atoms with E-state index in [-0.39, 0.29) is 12.4 Å². The SMILES string of the molecule is COc1ccc(C(O)CN(C)C)c2c(OC)cccc12.Cl. The van der Waals surface area contributed by atoms with Crippen LogP contribution in [0.2, 0.25) is 0 Å². The molecule has 4 nitrogen and oxygen atoms in total. The van der Waals surface area contributed by atoms with Gasteiger partial charge in [-0.05, 0) is 31.8 Å². The van der Waals surface area contributed by atoms with E-state index in [1.54, 1.807) is 14.2 Å². The largest absolute Gasteiger partial charge is 0.496 e. The number of aliphatic hydroxyl groups is 1. The molecule has 0 amide bonds. The first-order chi connectivity index (χ1) is 9.58. The van der Waals surface area contributed by atoms with E-state index < -0.39 is 6.10 Å². The third kappa shape index (κ3) is 3.59. The first kappa shape index (κ1) is 17.6. The van der Waals surface area contributed by atoms with Crippen molar-refractivity contribution in [2.24, 2.45) is 0 Å². The summed E-state index contributed by atoms with van der Waals surface area (Å²) in [5.41, 5.74) is 0.854. The summed E-state index contributed by atoms with van der Waals surface area (Å²) in [6, 6.07) is 9.58. The highest BCUT2D eigenvalue weighted by Gasteiger charge is 2.17. The molecule has 0 aliphatic carbocycles. The molecule has 1 unspecified atom stereocenters. The lowest BCUT2D eigenvalue weighted by molar-refractivity contribution is 0.139. The van der Waals surface area contributed by atoms with Gasteiger partial charge in [0, 0.05) is 17.3 Å². The molecule has 1 atom stereocenters. The quantitative estimate of drug-likeness (QED) is 0.922. The molecule has 116 valence electrons. The summed E-state index contributed by atoms with van der Waals surface area (Å²) < 4.78 is 10.8. The minimum atomic E-state index is -0.574. The average molecular weight is 312 g/mol. The summed E-state index contributed by atoms with van der Waals surface area (Å²) in [6.45, 7) is 0.555. The number of likely N-dealkylation sites (N-methyl/N-ethyl adjacent to an activating group) is 1. The summed E-state index contributed by atoms with van der Waals surface area (Å²) in [5, 5.41) is 12.3. The van der Waals surface area contributed by atoms with Crippen LogP contribution in [0.3, 0.4) is 0 Å². The van der Waals surface area contributed by atoms with Gasteiger partial charge in [0.1, 0.15) is 11.5 Å². The van der Waals surface area contributed by atoms with E-state index in [1.807, 2.05) is 49.3 Å². The van der Waals surface area contributed by atoms with Crippen molar-refractivity contribution in [2.45, 2.75) is 6.10 Å². The second kappa shape index (κ2) is 7.50. The van der Waals surface area contributed by atoms with E-state index >= 15 is 0 Å². The van der Waals surface area contributed by atoms with Crippen molar-refractivity contribution < 1.29 is 14.6 Å². The molecule has 0 radical (unpaired) electrons. The zero-order valence-corrected chi connectivity index (χ0v) is 13.6. The number of fused-ring (bicyclic) bond motifs is 1. The zero-order chi connectivity index (χ0) is 14.7. The maximum atomic E-state index is 10.4. The van der Waals surface area contributed by atoms with E-state index in [0.29, 0.717) is 6.54 Å². The van der Waals surface area contributed by atoms with Crippen molar-refractivity contribution in [3.63, 3.8) is 0 Å². The third-order valence-electron chi connectivity index (χ3n) is 3.33. The average Bonchev–Trinajstić information content (AvgIpc) is 2.44. The molecule has 5 heteroatoms. The number of rotatable bonds is 5. The number of methoxy groups -OCH3 is 2. The first-order valence-corrected chi connectivity index (χ1v) is 6.55. The van der Waals surface area contributed by atoms with Crippen molar-refractivity contribution >= 4 is 23.2 Å². The maximum Gasteiger partial charge on any atom is 0.127 e. The van der Waals surface area contributed by atoms with Gasteiger partial charge in [-0.25, -0.2) is 0 Å². The Kier molecular flexibility index (Phi) is 6.27. The van der Waals surface area contributed by atoms with Gasteiger partial charge >= 0.3 is 0 Å². The van der Waals surface area contributed by atoms with Crippen molar-refractivity contribution in [1.82, 2.24) is 4.90 Å². The molecular weight excluding hydrogens is 290 g/mol. The number of benzene rings is 2. The number of hydrogen-bond acceptors (Lipinski definition) is 4. The van der Waals surface area contributed by atoms with Crippen LogP contribution in [0.1, 0.15) is 11.7 Å². The molecular formula is C16H22ClNO3. The minimum absolute atomic E-state index is 0. The van der Waals surface area contributed by atoms with Crippen LogP contribution < -0.4 is 9.47 Å². The Balaban J connectivity index is 0.00000220. The van der Waals surface area contributed by atoms with Crippen LogP contribution in [0, 0.1) is 0 Å². The fourth-order valence-corrected chi connectivity index (χ4v) is 2.44. The number of hydrogen-bond donors (Lipinski definition) is 1. The van der Waals surface area contributed by atoms with Crippen LogP contribution in [-0.2, 0) is 0 Å². The van der Waals surface area contributed by atoms with Crippen molar-refractivity contribution in [2.75, 3.05) is 34.9 Å². The third-order valence-corrected chi connectivity index (χ3v) is 3.33. The highest BCUT2D eigenvalue weighted by molar-refractivity contribution is 5.96. The summed E-state index contributed by atoms with van der Waals surface area (Å²) in [4.78, 5) is 1.95. The van der Waals surface area contributed by atoms with Gasteiger partial charge in [-0.15, -0.1) is 12.4 Å². The lowest BCUT2D eigenvalue weighted by Gasteiger charge is -2.20. The van der Waals surface area contributed by atoms with Gasteiger partial charge in [0.15, 0.2) is 0 Å². The first-order valence-electron chi connectivity index (χ1n) is 6.55. The predicted octanol–water partition coefficient (Wildman–Crippen LogP) is 2.87. The smallest absolute Gasteiger partial charge is 0.127 e. The van der Waals surface area contributed by atoms with Crippen LogP contribution in [-0.4, -0.2) is 44.9 Å². The van der Waals surface area contributed by atoms with Gasteiger partial charge in [0.2, 0.25) is 0 Å². The highest BCUT2D eigenvalue weighted by Crippen LogP contribution is 2.37. The molecule has 0 aliphatic rings. The lowest BCUT2D eigenvalue weighted by atomic mass is 9.98. The van der Waals surface area contributed by atoms with Crippen LogP contribution >= 0.6 is 12.4 Å². The summed E-state index contributed by atoms with van der Waals surface area (Å²) in [6.07, 6.45) is -0.574. The predicted molar refractivity (Wildman–Crippen MR) is 87.8 cm³/mol. The Labute approximate surface area is 131 Å². The van der Waals surface area contributed by atoms with Gasteiger partial charge in [-0.1, -0.05) is 18.2 Å². The van der Waals surface area contributed by atoms with Crippen LogP contribution in [0.4, 0.5) is 0 Å². The molecule has 2 rings (SSSR count). The summed E-state index contributed by atoms with van der Waals surface area (Å²) in [7, 11) is 7.15.